The van der Waals surface area contributed by atoms with Gasteiger partial charge in [-0.3, -0.25) is 0 Å². The Morgan fingerprint density at radius 2 is 1.59 bits per heavy atom. The third-order valence-electron chi connectivity index (χ3n) is 2.30. The van der Waals surface area contributed by atoms with Crippen LogP contribution in [0.5, 0.6) is 0 Å². The molecule has 1 atom stereocenters. The van der Waals surface area contributed by atoms with Gasteiger partial charge in [0.25, 0.3) is 0 Å². The molecule has 0 nitrogen and oxygen atoms in total. The van der Waals surface area contributed by atoms with Crippen molar-refractivity contribution in [3.05, 3.63) is 35.1 Å². The molecule has 0 aliphatic rings. The number of benzene rings is 1. The van der Waals surface area contributed by atoms with Crippen LogP contribution in [0.25, 0.3) is 0 Å². The number of rotatable bonds is 2. The lowest BCUT2D eigenvalue weighted by Gasteiger charge is -2.10. The fourth-order valence-electron chi connectivity index (χ4n) is 1.25. The molecule has 1 aromatic rings. The second kappa shape index (κ2) is 11.6. The summed E-state index contributed by atoms with van der Waals surface area (Å²) in [6.45, 7) is 14.3. The van der Waals surface area contributed by atoms with E-state index in [9.17, 15) is 4.39 Å². The Hall–Kier alpha value is -0.850. The zero-order chi connectivity index (χ0) is 13.8. The van der Waals surface area contributed by atoms with Crippen molar-refractivity contribution in [3.8, 4) is 0 Å². The quantitative estimate of drug-likeness (QED) is 0.586. The number of halogens is 1. The Kier molecular flexibility index (Phi) is 12.7. The molecule has 1 heteroatoms. The van der Waals surface area contributed by atoms with Crippen molar-refractivity contribution in [2.45, 2.75) is 67.2 Å². The number of hydrogen-bond donors (Lipinski definition) is 0. The van der Waals surface area contributed by atoms with Gasteiger partial charge in [-0.05, 0) is 36.5 Å². The summed E-state index contributed by atoms with van der Waals surface area (Å²) in [7, 11) is 0. The smallest absolute Gasteiger partial charge is 0.126 e. The normalized spacial score (nSPS) is 10.6. The maximum absolute atomic E-state index is 13.3. The van der Waals surface area contributed by atoms with Gasteiger partial charge in [-0.1, -0.05) is 60.1 Å². The summed E-state index contributed by atoms with van der Waals surface area (Å²) in [6.07, 6.45) is 2.24. The first-order chi connectivity index (χ1) is 8.06. The van der Waals surface area contributed by atoms with E-state index in [1.807, 2.05) is 39.8 Å². The van der Waals surface area contributed by atoms with Crippen molar-refractivity contribution in [2.24, 2.45) is 0 Å². The lowest BCUT2D eigenvalue weighted by molar-refractivity contribution is 0.582. The van der Waals surface area contributed by atoms with Gasteiger partial charge in [0, 0.05) is 0 Å². The lowest BCUT2D eigenvalue weighted by atomic mass is 9.97. The minimum absolute atomic E-state index is 0.0654. The van der Waals surface area contributed by atoms with Crippen molar-refractivity contribution in [3.63, 3.8) is 0 Å². The van der Waals surface area contributed by atoms with E-state index in [2.05, 4.69) is 20.8 Å². The molecule has 0 fully saturated rings. The SMILES string of the molecule is CC.CCC.CCC(C)c1ccc(C)cc1F. The highest BCUT2D eigenvalue weighted by atomic mass is 19.1. The van der Waals surface area contributed by atoms with E-state index >= 15 is 0 Å². The molecule has 0 aliphatic carbocycles. The second-order valence-electron chi connectivity index (χ2n) is 4.04. The molecular formula is C16H29F. The van der Waals surface area contributed by atoms with Crippen LogP contribution in [-0.4, -0.2) is 0 Å². The molecule has 0 amide bonds. The van der Waals surface area contributed by atoms with E-state index in [0.717, 1.165) is 17.5 Å². The predicted octanol–water partition coefficient (Wildman–Crippen LogP) is 6.09. The van der Waals surface area contributed by atoms with E-state index < -0.39 is 0 Å². The second-order valence-corrected chi connectivity index (χ2v) is 4.04. The first kappa shape index (κ1) is 18.5. The van der Waals surface area contributed by atoms with E-state index in [0.29, 0.717) is 5.92 Å². The first-order valence-electron chi connectivity index (χ1n) is 6.82. The molecule has 0 bridgehead atoms. The average Bonchev–Trinajstić information content (AvgIpc) is 2.32. The summed E-state index contributed by atoms with van der Waals surface area (Å²) < 4.78 is 13.3. The van der Waals surface area contributed by atoms with Crippen molar-refractivity contribution >= 4 is 0 Å². The molecular weight excluding hydrogens is 211 g/mol. The third-order valence-corrected chi connectivity index (χ3v) is 2.30. The van der Waals surface area contributed by atoms with Gasteiger partial charge in [0.05, 0.1) is 0 Å². The Labute approximate surface area is 107 Å². The monoisotopic (exact) mass is 240 g/mol. The number of hydrogen-bond acceptors (Lipinski definition) is 0. The minimum atomic E-state index is -0.0654. The maximum Gasteiger partial charge on any atom is 0.126 e. The summed E-state index contributed by atoms with van der Waals surface area (Å²) in [4.78, 5) is 0. The van der Waals surface area contributed by atoms with Crippen LogP contribution in [-0.2, 0) is 0 Å². The van der Waals surface area contributed by atoms with Crippen LogP contribution in [0.3, 0.4) is 0 Å². The van der Waals surface area contributed by atoms with Crippen molar-refractivity contribution < 1.29 is 4.39 Å². The van der Waals surface area contributed by atoms with Gasteiger partial charge in [-0.15, -0.1) is 0 Å². The average molecular weight is 240 g/mol. The van der Waals surface area contributed by atoms with Gasteiger partial charge in [0.1, 0.15) is 5.82 Å². The summed E-state index contributed by atoms with van der Waals surface area (Å²) in [5.41, 5.74) is 1.82. The highest BCUT2D eigenvalue weighted by Crippen LogP contribution is 2.22. The van der Waals surface area contributed by atoms with Crippen LogP contribution in [0.2, 0.25) is 0 Å². The van der Waals surface area contributed by atoms with E-state index in [1.54, 1.807) is 6.07 Å². The fraction of sp³-hybridized carbons (Fsp3) is 0.625. The molecule has 17 heavy (non-hydrogen) atoms. The molecule has 0 heterocycles. The largest absolute Gasteiger partial charge is 0.207 e. The topological polar surface area (TPSA) is 0 Å². The molecule has 0 saturated heterocycles. The van der Waals surface area contributed by atoms with Crippen molar-refractivity contribution in [1.29, 1.82) is 0 Å². The fourth-order valence-corrected chi connectivity index (χ4v) is 1.25. The van der Waals surface area contributed by atoms with E-state index in [-0.39, 0.29) is 5.82 Å². The summed E-state index contributed by atoms with van der Waals surface area (Å²) in [5.74, 6) is 0.259. The zero-order valence-corrected chi connectivity index (χ0v) is 12.6. The number of aryl methyl sites for hydroxylation is 1. The Balaban J connectivity index is 0. The molecule has 0 N–H and O–H groups in total. The molecule has 0 spiro atoms. The Bertz CT molecular complexity index is 279. The van der Waals surface area contributed by atoms with Gasteiger partial charge in [0.2, 0.25) is 0 Å². The first-order valence-corrected chi connectivity index (χ1v) is 6.82. The van der Waals surface area contributed by atoms with Crippen LogP contribution in [0.4, 0.5) is 4.39 Å². The van der Waals surface area contributed by atoms with Crippen LogP contribution in [0.15, 0.2) is 18.2 Å². The summed E-state index contributed by atoms with van der Waals surface area (Å²) in [5, 5.41) is 0. The van der Waals surface area contributed by atoms with Crippen molar-refractivity contribution in [1.82, 2.24) is 0 Å². The molecule has 1 aromatic carbocycles. The molecule has 0 radical (unpaired) electrons. The molecule has 100 valence electrons. The van der Waals surface area contributed by atoms with Crippen LogP contribution in [0, 0.1) is 12.7 Å². The highest BCUT2D eigenvalue weighted by Gasteiger charge is 2.07. The Morgan fingerprint density at radius 3 is 1.94 bits per heavy atom. The predicted molar refractivity (Wildman–Crippen MR) is 77.2 cm³/mol. The molecule has 1 rings (SSSR count). The maximum atomic E-state index is 13.3. The Morgan fingerprint density at radius 1 is 1.12 bits per heavy atom. The summed E-state index contributed by atoms with van der Waals surface area (Å²) in [6, 6.07) is 5.45. The zero-order valence-electron chi connectivity index (χ0n) is 12.6. The van der Waals surface area contributed by atoms with Gasteiger partial charge in [-0.2, -0.15) is 0 Å². The van der Waals surface area contributed by atoms with Gasteiger partial charge in [0.15, 0.2) is 0 Å². The molecule has 0 aromatic heterocycles. The molecule has 1 unspecified atom stereocenters. The van der Waals surface area contributed by atoms with Crippen LogP contribution < -0.4 is 0 Å². The standard InChI is InChI=1S/C11H15F.C3H8.C2H6/c1-4-9(3)10-6-5-8(2)7-11(10)12;1-3-2;1-2/h5-7,9H,4H2,1-3H3;3H2,1-2H3;1-2H3. The molecule has 0 saturated carbocycles. The van der Waals surface area contributed by atoms with Gasteiger partial charge in [-0.25, -0.2) is 4.39 Å². The summed E-state index contributed by atoms with van der Waals surface area (Å²) >= 11 is 0. The van der Waals surface area contributed by atoms with Crippen LogP contribution >= 0.6 is 0 Å². The lowest BCUT2D eigenvalue weighted by Crippen LogP contribution is -1.95. The van der Waals surface area contributed by atoms with Gasteiger partial charge >= 0.3 is 0 Å². The van der Waals surface area contributed by atoms with Crippen molar-refractivity contribution in [2.75, 3.05) is 0 Å². The van der Waals surface area contributed by atoms with Gasteiger partial charge < -0.3 is 0 Å². The van der Waals surface area contributed by atoms with E-state index in [1.165, 1.54) is 6.42 Å². The van der Waals surface area contributed by atoms with E-state index in [4.69, 9.17) is 0 Å². The molecule has 0 aliphatic heterocycles. The highest BCUT2D eigenvalue weighted by molar-refractivity contribution is 5.25. The minimum Gasteiger partial charge on any atom is -0.207 e. The third kappa shape index (κ3) is 7.95. The van der Waals surface area contributed by atoms with Crippen LogP contribution in [0.1, 0.15) is 71.4 Å².